The largest absolute Gasteiger partial charge is 0.326 e. The van der Waals surface area contributed by atoms with E-state index in [1.807, 2.05) is 0 Å². The first kappa shape index (κ1) is 10.1. The van der Waals surface area contributed by atoms with Crippen LogP contribution >= 0.6 is 0 Å². The molecule has 1 atom stereocenters. The van der Waals surface area contributed by atoms with Crippen LogP contribution in [0.4, 0.5) is 13.2 Å². The molecule has 0 fully saturated rings. The Morgan fingerprint density at radius 3 is 2.46 bits per heavy atom. The fraction of sp³-hybridized carbons (Fsp3) is 0.333. The minimum atomic E-state index is -2.98. The van der Waals surface area contributed by atoms with E-state index in [0.29, 0.717) is 5.56 Å². The van der Waals surface area contributed by atoms with Gasteiger partial charge in [0.05, 0.1) is 0 Å². The van der Waals surface area contributed by atoms with Crippen LogP contribution in [0.5, 0.6) is 0 Å². The van der Waals surface area contributed by atoms with E-state index in [1.54, 1.807) is 6.07 Å². The summed E-state index contributed by atoms with van der Waals surface area (Å²) in [5.41, 5.74) is 5.92. The zero-order chi connectivity index (χ0) is 9.84. The molecule has 1 aromatic carbocycles. The Labute approximate surface area is 74.4 Å². The zero-order valence-corrected chi connectivity index (χ0v) is 6.88. The predicted molar refractivity (Wildman–Crippen MR) is 44.2 cm³/mol. The van der Waals surface area contributed by atoms with E-state index in [4.69, 9.17) is 5.73 Å². The summed E-state index contributed by atoms with van der Waals surface area (Å²) in [6.07, 6.45) is -5.19. The summed E-state index contributed by atoms with van der Waals surface area (Å²) < 4.78 is 36.7. The second-order valence-corrected chi connectivity index (χ2v) is 2.69. The molecule has 0 aliphatic rings. The lowest BCUT2D eigenvalue weighted by molar-refractivity contribution is 0.0495. The maximum atomic E-state index is 12.8. The van der Waals surface area contributed by atoms with Crippen LogP contribution in [0.1, 0.15) is 17.3 Å². The molecule has 0 saturated carbocycles. The molecule has 1 nitrogen and oxygen atoms in total. The normalized spacial score (nSPS) is 13.3. The Morgan fingerprint density at radius 1 is 1.23 bits per heavy atom. The Hall–Kier alpha value is -1.03. The lowest BCUT2D eigenvalue weighted by Gasteiger charge is -2.07. The fourth-order valence-electron chi connectivity index (χ4n) is 1.04. The smallest absolute Gasteiger partial charge is 0.273 e. The van der Waals surface area contributed by atoms with Crippen molar-refractivity contribution in [2.75, 3.05) is 0 Å². The van der Waals surface area contributed by atoms with Crippen LogP contribution in [-0.2, 0) is 6.54 Å². The van der Waals surface area contributed by atoms with Crippen LogP contribution in [0, 0.1) is 0 Å². The summed E-state index contributed by atoms with van der Waals surface area (Å²) in [7, 11) is 0. The van der Waals surface area contributed by atoms with Crippen LogP contribution < -0.4 is 5.73 Å². The summed E-state index contributed by atoms with van der Waals surface area (Å²) in [6, 6.07) is 5.88. The molecular formula is C9H10F3N. The molecule has 0 saturated heterocycles. The fourth-order valence-corrected chi connectivity index (χ4v) is 1.04. The van der Waals surface area contributed by atoms with E-state index in [2.05, 4.69) is 0 Å². The molecule has 72 valence electrons. The van der Waals surface area contributed by atoms with Crippen LogP contribution in [0.25, 0.3) is 0 Å². The van der Waals surface area contributed by atoms with Gasteiger partial charge < -0.3 is 5.73 Å². The lowest BCUT2D eigenvalue weighted by Crippen LogP contribution is -2.04. The maximum Gasteiger partial charge on any atom is 0.273 e. The molecule has 0 amide bonds. The van der Waals surface area contributed by atoms with Gasteiger partial charge in [-0.3, -0.25) is 0 Å². The average molecular weight is 189 g/mol. The third-order valence-corrected chi connectivity index (χ3v) is 1.73. The molecule has 0 bridgehead atoms. The van der Waals surface area contributed by atoms with Crippen molar-refractivity contribution in [2.45, 2.75) is 19.1 Å². The Kier molecular flexibility index (Phi) is 3.31. The molecule has 0 aliphatic carbocycles. The summed E-state index contributed by atoms with van der Waals surface area (Å²) in [5, 5.41) is 0. The van der Waals surface area contributed by atoms with E-state index in [0.717, 1.165) is 0 Å². The van der Waals surface area contributed by atoms with E-state index in [-0.39, 0.29) is 12.1 Å². The van der Waals surface area contributed by atoms with E-state index in [1.165, 1.54) is 18.2 Å². The molecule has 0 heterocycles. The van der Waals surface area contributed by atoms with Crippen molar-refractivity contribution in [3.63, 3.8) is 0 Å². The second-order valence-electron chi connectivity index (χ2n) is 2.69. The molecule has 1 unspecified atom stereocenters. The number of rotatable bonds is 3. The van der Waals surface area contributed by atoms with Gasteiger partial charge in [-0.25, -0.2) is 13.2 Å². The molecule has 0 aromatic heterocycles. The van der Waals surface area contributed by atoms with Crippen LogP contribution in [0.2, 0.25) is 0 Å². The van der Waals surface area contributed by atoms with Gasteiger partial charge in [0, 0.05) is 6.54 Å². The lowest BCUT2D eigenvalue weighted by atomic mass is 10.1. The van der Waals surface area contributed by atoms with Crippen LogP contribution in [0.15, 0.2) is 24.3 Å². The number of nitrogens with two attached hydrogens (primary N) is 1. The van der Waals surface area contributed by atoms with Crippen LogP contribution in [0.3, 0.4) is 0 Å². The van der Waals surface area contributed by atoms with Crippen molar-refractivity contribution in [1.82, 2.24) is 0 Å². The van der Waals surface area contributed by atoms with E-state index >= 15 is 0 Å². The van der Waals surface area contributed by atoms with Gasteiger partial charge in [0.15, 0.2) is 6.17 Å². The maximum absolute atomic E-state index is 12.8. The molecule has 0 spiro atoms. The van der Waals surface area contributed by atoms with Gasteiger partial charge in [-0.1, -0.05) is 24.3 Å². The van der Waals surface area contributed by atoms with Crippen molar-refractivity contribution in [3.8, 4) is 0 Å². The first-order chi connectivity index (χ1) is 6.15. The molecule has 1 rings (SSSR count). The highest BCUT2D eigenvalue weighted by atomic mass is 19.3. The summed E-state index contributed by atoms with van der Waals surface area (Å²) in [6.45, 7) is 0.226. The Morgan fingerprint density at radius 2 is 1.92 bits per heavy atom. The SMILES string of the molecule is NCc1cccc(C(F)C(F)F)c1. The number of halogens is 3. The Balaban J connectivity index is 2.88. The van der Waals surface area contributed by atoms with E-state index < -0.39 is 12.6 Å². The summed E-state index contributed by atoms with van der Waals surface area (Å²) >= 11 is 0. The highest BCUT2D eigenvalue weighted by Gasteiger charge is 2.21. The van der Waals surface area contributed by atoms with Gasteiger partial charge in [-0.15, -0.1) is 0 Å². The monoisotopic (exact) mass is 189 g/mol. The zero-order valence-electron chi connectivity index (χ0n) is 6.88. The quantitative estimate of drug-likeness (QED) is 0.776. The molecule has 1 aromatic rings. The van der Waals surface area contributed by atoms with Gasteiger partial charge in [-0.05, 0) is 11.1 Å². The van der Waals surface area contributed by atoms with Gasteiger partial charge in [0.25, 0.3) is 6.43 Å². The molecule has 0 aliphatic heterocycles. The molecular weight excluding hydrogens is 179 g/mol. The minimum Gasteiger partial charge on any atom is -0.326 e. The van der Waals surface area contributed by atoms with Gasteiger partial charge >= 0.3 is 0 Å². The molecule has 0 radical (unpaired) electrons. The highest BCUT2D eigenvalue weighted by Crippen LogP contribution is 2.24. The number of alkyl halides is 3. The van der Waals surface area contributed by atoms with Crippen molar-refractivity contribution >= 4 is 0 Å². The Bertz CT molecular complexity index is 275. The van der Waals surface area contributed by atoms with Gasteiger partial charge in [0.2, 0.25) is 0 Å². The summed E-state index contributed by atoms with van der Waals surface area (Å²) in [4.78, 5) is 0. The number of hydrogen-bond acceptors (Lipinski definition) is 1. The van der Waals surface area contributed by atoms with Crippen molar-refractivity contribution in [1.29, 1.82) is 0 Å². The molecule has 2 N–H and O–H groups in total. The molecule has 4 heteroatoms. The predicted octanol–water partition coefficient (Wildman–Crippen LogP) is 2.42. The first-order valence-corrected chi connectivity index (χ1v) is 3.86. The topological polar surface area (TPSA) is 26.0 Å². The van der Waals surface area contributed by atoms with Crippen molar-refractivity contribution in [3.05, 3.63) is 35.4 Å². The van der Waals surface area contributed by atoms with Crippen LogP contribution in [-0.4, -0.2) is 6.43 Å². The third-order valence-electron chi connectivity index (χ3n) is 1.73. The first-order valence-electron chi connectivity index (χ1n) is 3.86. The standard InChI is InChI=1S/C9H10F3N/c10-8(9(11)12)7-3-1-2-6(4-7)5-13/h1-4,8-9H,5,13H2. The molecule has 13 heavy (non-hydrogen) atoms. The average Bonchev–Trinajstić information content (AvgIpc) is 2.16. The van der Waals surface area contributed by atoms with Crippen molar-refractivity contribution in [2.24, 2.45) is 5.73 Å². The third kappa shape index (κ3) is 2.45. The highest BCUT2D eigenvalue weighted by molar-refractivity contribution is 5.25. The van der Waals surface area contributed by atoms with E-state index in [9.17, 15) is 13.2 Å². The minimum absolute atomic E-state index is 0.0158. The number of benzene rings is 1. The van der Waals surface area contributed by atoms with Crippen molar-refractivity contribution < 1.29 is 13.2 Å². The van der Waals surface area contributed by atoms with Gasteiger partial charge in [0.1, 0.15) is 0 Å². The van der Waals surface area contributed by atoms with Gasteiger partial charge in [-0.2, -0.15) is 0 Å². The number of hydrogen-bond donors (Lipinski definition) is 1. The second kappa shape index (κ2) is 4.28. The summed E-state index contributed by atoms with van der Waals surface area (Å²) in [5.74, 6) is 0.